The summed E-state index contributed by atoms with van der Waals surface area (Å²) in [5, 5.41) is 2.52. The number of nitrogens with one attached hydrogen (secondary N) is 1. The summed E-state index contributed by atoms with van der Waals surface area (Å²) in [7, 11) is 15.0. The van der Waals surface area contributed by atoms with Crippen LogP contribution < -0.4 is 0 Å². The summed E-state index contributed by atoms with van der Waals surface area (Å²) >= 11 is -2.13. The van der Waals surface area contributed by atoms with Gasteiger partial charge in [0.25, 0.3) is 0 Å². The number of benzene rings is 2. The van der Waals surface area contributed by atoms with Gasteiger partial charge in [-0.1, -0.05) is 23.7 Å². The molecule has 1 nitrogen and oxygen atoms in total. The van der Waals surface area contributed by atoms with Gasteiger partial charge in [-0.25, -0.2) is 0 Å². The van der Waals surface area contributed by atoms with Gasteiger partial charge in [0.05, 0.1) is 0 Å². The topological polar surface area (TPSA) is 15.8 Å². The Morgan fingerprint density at radius 1 is 0.941 bits per heavy atom. The van der Waals surface area contributed by atoms with E-state index in [0.29, 0.717) is 0 Å². The second kappa shape index (κ2) is 6.25. The van der Waals surface area contributed by atoms with Gasteiger partial charge >= 0.3 is 43.7 Å². The smallest absolute Gasteiger partial charge is 0.0322 e. The van der Waals surface area contributed by atoms with Crippen LogP contribution in [0.5, 0.6) is 0 Å². The van der Waals surface area contributed by atoms with Crippen LogP contribution in [0.3, 0.4) is 0 Å². The average molecular weight is 364 g/mol. The molecule has 2 aromatic carbocycles. The summed E-state index contributed by atoms with van der Waals surface area (Å²) in [5.74, 6) is 0. The van der Waals surface area contributed by atoms with Crippen LogP contribution in [-0.4, -0.2) is 4.98 Å². The van der Waals surface area contributed by atoms with Gasteiger partial charge in [-0.15, -0.1) is 5.39 Å². The Bertz CT molecular complexity index is 568. The fourth-order valence-electron chi connectivity index (χ4n) is 1.73. The summed E-state index contributed by atoms with van der Waals surface area (Å²) in [6.45, 7) is 0. The molecule has 0 saturated carbocycles. The average Bonchev–Trinajstić information content (AvgIpc) is 2.66. The largest absolute Gasteiger partial charge is 0.378 e. The Kier molecular flexibility index (Phi) is 4.93. The molecule has 0 spiro atoms. The molecule has 0 bridgehead atoms. The molecule has 3 rings (SSSR count). The Labute approximate surface area is 118 Å². The molecule has 1 heterocycles. The minimum Gasteiger partial charge on any atom is -0.378 e. The molecule has 1 aromatic heterocycles. The molecule has 0 atom stereocenters. The number of rotatable bonds is 0. The summed E-state index contributed by atoms with van der Waals surface area (Å²) in [6, 6.07) is 17.6. The van der Waals surface area contributed by atoms with E-state index in [1.165, 1.54) is 16.3 Å². The third kappa shape index (κ3) is 3.48. The van der Waals surface area contributed by atoms with Crippen LogP contribution in [0.25, 0.3) is 21.8 Å². The van der Waals surface area contributed by atoms with Crippen molar-refractivity contribution >= 4 is 47.3 Å². The Hall–Kier alpha value is -0.00688. The zero-order valence-electron chi connectivity index (χ0n) is 8.68. The monoisotopic (exact) mass is 361 g/mol. The third-order valence-electron chi connectivity index (χ3n) is 2.33. The van der Waals surface area contributed by atoms with Crippen LogP contribution in [0.2, 0.25) is 0 Å². The fraction of sp³-hybridized carbons (Fsp3) is 0. The maximum atomic E-state index is 5.00. The Morgan fingerprint density at radius 3 is 2.35 bits per heavy atom. The van der Waals surface area contributed by atoms with Crippen molar-refractivity contribution < 1.29 is 18.2 Å². The van der Waals surface area contributed by atoms with E-state index in [1.54, 1.807) is 0 Å². The second-order valence-corrected chi connectivity index (χ2v) is 14.5. The molecule has 87 valence electrons. The maximum Gasteiger partial charge on any atom is 0.0322 e. The van der Waals surface area contributed by atoms with Crippen LogP contribution in [0, 0.1) is 6.07 Å². The molecule has 0 fully saturated rings. The van der Waals surface area contributed by atoms with Gasteiger partial charge in [-0.05, 0) is 11.5 Å². The zero-order valence-corrected chi connectivity index (χ0v) is 13.4. The number of aromatic nitrogens is 1. The zero-order chi connectivity index (χ0) is 12.3. The first-order valence-electron chi connectivity index (χ1n) is 4.89. The molecule has 0 aliphatic rings. The number of halogens is 3. The van der Waals surface area contributed by atoms with Crippen molar-refractivity contribution in [2.24, 2.45) is 0 Å². The second-order valence-electron chi connectivity index (χ2n) is 3.34. The molecule has 1 N–H and O–H groups in total. The first-order valence-corrected chi connectivity index (χ1v) is 14.4. The molecule has 0 aliphatic carbocycles. The number of hydrogen-bond donors (Lipinski definition) is 1. The molecule has 0 saturated heterocycles. The van der Waals surface area contributed by atoms with Crippen molar-refractivity contribution in [3.63, 3.8) is 0 Å². The molecule has 0 aliphatic heterocycles. The normalized spacial score (nSPS) is 10.1. The van der Waals surface area contributed by atoms with Crippen molar-refractivity contribution in [1.82, 2.24) is 4.98 Å². The fourth-order valence-corrected chi connectivity index (χ4v) is 1.73. The van der Waals surface area contributed by atoms with Gasteiger partial charge in [-0.2, -0.15) is 24.3 Å². The predicted octanol–water partition coefficient (Wildman–Crippen LogP) is 5.19. The van der Waals surface area contributed by atoms with E-state index in [2.05, 4.69) is 35.3 Å². The van der Waals surface area contributed by atoms with Crippen LogP contribution in [0.15, 0.2) is 42.5 Å². The summed E-state index contributed by atoms with van der Waals surface area (Å²) in [5.41, 5.74) is 2.27. The van der Waals surface area contributed by atoms with Gasteiger partial charge in [0.1, 0.15) is 0 Å². The maximum absolute atomic E-state index is 5.00. The van der Waals surface area contributed by atoms with Crippen LogP contribution in [-0.2, 0) is 18.2 Å². The van der Waals surface area contributed by atoms with Crippen LogP contribution in [0.4, 0.5) is 0 Å². The Balaban J connectivity index is 0.000000239. The number of H-pyrrole nitrogens is 1. The number of hydrogen-bond acceptors (Lipinski definition) is 0. The van der Waals surface area contributed by atoms with Gasteiger partial charge < -0.3 is 4.98 Å². The number of para-hydroxylation sites is 2. The van der Waals surface area contributed by atoms with E-state index >= 15 is 0 Å². The van der Waals surface area contributed by atoms with Crippen molar-refractivity contribution in [3.8, 4) is 0 Å². The van der Waals surface area contributed by atoms with Crippen molar-refractivity contribution in [1.29, 1.82) is 0 Å². The molecule has 0 radical (unpaired) electrons. The minimum atomic E-state index is -2.13. The standard InChI is InChI=1S/C12H8N.3ClH.Zr/c1-3-7-11-9(5-1)10-6-2-4-8-12(10)13-11;;;;/h1-7,13H;3*1H;/q-1;;;;+3/p-3. The predicted molar refractivity (Wildman–Crippen MR) is 72.2 cm³/mol. The van der Waals surface area contributed by atoms with E-state index in [-0.39, 0.29) is 0 Å². The first-order chi connectivity index (χ1) is 8.18. The molecule has 0 amide bonds. The quantitative estimate of drug-likeness (QED) is 0.529. The SMILES string of the molecule is [Cl][Zr]([Cl])[Cl].[c-]1cccc2c1[nH]c1ccccc12. The molecular weight excluding hydrogens is 356 g/mol. The van der Waals surface area contributed by atoms with E-state index in [4.69, 9.17) is 25.5 Å². The van der Waals surface area contributed by atoms with E-state index in [1.807, 2.05) is 18.2 Å². The molecule has 0 unspecified atom stereocenters. The molecule has 5 heteroatoms. The van der Waals surface area contributed by atoms with E-state index in [9.17, 15) is 0 Å². The summed E-state index contributed by atoms with van der Waals surface area (Å²) in [6.07, 6.45) is 0. The van der Waals surface area contributed by atoms with Crippen LogP contribution in [0.1, 0.15) is 0 Å². The number of fused-ring (bicyclic) bond motifs is 3. The summed E-state index contributed by atoms with van der Waals surface area (Å²) < 4.78 is 0. The molecular formula is C12H8Cl3NZr-. The third-order valence-corrected chi connectivity index (χ3v) is 2.33. The van der Waals surface area contributed by atoms with Gasteiger partial charge in [0.2, 0.25) is 0 Å². The minimum absolute atomic E-state index is 1.09. The van der Waals surface area contributed by atoms with Crippen molar-refractivity contribution in [2.75, 3.05) is 0 Å². The van der Waals surface area contributed by atoms with Crippen molar-refractivity contribution in [2.45, 2.75) is 0 Å². The van der Waals surface area contributed by atoms with E-state index < -0.39 is 18.2 Å². The van der Waals surface area contributed by atoms with Crippen LogP contribution >= 0.6 is 25.5 Å². The van der Waals surface area contributed by atoms with Gasteiger partial charge in [0.15, 0.2) is 0 Å². The number of aromatic amines is 1. The van der Waals surface area contributed by atoms with Gasteiger partial charge in [0, 0.05) is 5.52 Å². The van der Waals surface area contributed by atoms with E-state index in [0.717, 1.165) is 5.52 Å². The molecule has 3 aromatic rings. The first kappa shape index (κ1) is 13.4. The molecule has 17 heavy (non-hydrogen) atoms. The van der Waals surface area contributed by atoms with Crippen molar-refractivity contribution in [3.05, 3.63) is 48.5 Å². The Morgan fingerprint density at radius 2 is 1.59 bits per heavy atom. The summed E-state index contributed by atoms with van der Waals surface area (Å²) in [4.78, 5) is 3.32. The van der Waals surface area contributed by atoms with Gasteiger partial charge in [-0.3, -0.25) is 0 Å².